The van der Waals surface area contributed by atoms with Crippen molar-refractivity contribution in [2.75, 3.05) is 13.1 Å². The molecular weight excluding hydrogens is 374 g/mol. The van der Waals surface area contributed by atoms with Crippen LogP contribution >= 0.6 is 31.9 Å². The molecule has 0 aliphatic carbocycles. The van der Waals surface area contributed by atoms with Gasteiger partial charge in [0.15, 0.2) is 0 Å². The number of nitrogens with zero attached hydrogens (tertiary/aromatic N) is 2. The van der Waals surface area contributed by atoms with Gasteiger partial charge in [-0.3, -0.25) is 0 Å². The quantitative estimate of drug-likeness (QED) is 0.764. The van der Waals surface area contributed by atoms with Crippen LogP contribution in [0, 0.1) is 0 Å². The number of aromatic nitrogens is 2. The summed E-state index contributed by atoms with van der Waals surface area (Å²) in [6, 6.07) is 5.89. The third-order valence-corrected chi connectivity index (χ3v) is 3.49. The lowest BCUT2D eigenvalue weighted by atomic mass is 10.2. The Labute approximate surface area is 129 Å². The van der Waals surface area contributed by atoms with Crippen molar-refractivity contribution in [1.29, 1.82) is 0 Å². The Hall–Kier alpha value is -0.720. The molecule has 0 spiro atoms. The highest BCUT2D eigenvalue weighted by Gasteiger charge is 2.09. The molecule has 0 aliphatic heterocycles. The summed E-state index contributed by atoms with van der Waals surface area (Å²) < 4.78 is 7.62. The zero-order valence-corrected chi connectivity index (χ0v) is 13.8. The molecule has 0 atom stereocenters. The van der Waals surface area contributed by atoms with Gasteiger partial charge in [-0.25, -0.2) is 0 Å². The van der Waals surface area contributed by atoms with Gasteiger partial charge in [0, 0.05) is 20.9 Å². The van der Waals surface area contributed by atoms with Gasteiger partial charge in [-0.2, -0.15) is 0 Å². The van der Waals surface area contributed by atoms with Crippen LogP contribution in [0.3, 0.4) is 0 Å². The first-order valence-electron chi connectivity index (χ1n) is 6.18. The fourth-order valence-electron chi connectivity index (χ4n) is 1.69. The summed E-state index contributed by atoms with van der Waals surface area (Å²) in [4.78, 5) is 0. The van der Waals surface area contributed by atoms with E-state index in [9.17, 15) is 0 Å². The van der Waals surface area contributed by atoms with E-state index in [1.54, 1.807) is 0 Å². The van der Waals surface area contributed by atoms with Gasteiger partial charge in [0.05, 0.1) is 0 Å². The molecule has 0 saturated carbocycles. The first kappa shape index (κ1) is 14.7. The maximum atomic E-state index is 5.67. The minimum absolute atomic E-state index is 0.556. The molecule has 0 saturated heterocycles. The molecule has 6 heteroatoms. The Kier molecular flexibility index (Phi) is 5.54. The predicted molar refractivity (Wildman–Crippen MR) is 82.0 cm³/mol. The smallest absolute Gasteiger partial charge is 0.247 e. The van der Waals surface area contributed by atoms with Crippen molar-refractivity contribution in [2.45, 2.75) is 19.8 Å². The summed E-state index contributed by atoms with van der Waals surface area (Å²) in [5, 5.41) is 11.4. The van der Waals surface area contributed by atoms with Crippen LogP contribution in [-0.4, -0.2) is 23.3 Å². The number of aryl methyl sites for hydroxylation is 1. The summed E-state index contributed by atoms with van der Waals surface area (Å²) in [5.41, 5.74) is 0.909. The van der Waals surface area contributed by atoms with E-state index in [0.717, 1.165) is 40.4 Å². The molecule has 0 fully saturated rings. The van der Waals surface area contributed by atoms with Gasteiger partial charge in [0.25, 0.3) is 0 Å². The third-order valence-electron chi connectivity index (χ3n) is 2.57. The second-order valence-corrected chi connectivity index (χ2v) is 5.95. The zero-order valence-electron chi connectivity index (χ0n) is 10.6. The van der Waals surface area contributed by atoms with Crippen molar-refractivity contribution in [1.82, 2.24) is 15.5 Å². The van der Waals surface area contributed by atoms with E-state index >= 15 is 0 Å². The molecule has 0 unspecified atom stereocenters. The summed E-state index contributed by atoms with van der Waals surface area (Å²) in [6.07, 6.45) is 1.80. The second kappa shape index (κ2) is 7.17. The fourth-order valence-corrected chi connectivity index (χ4v) is 2.98. The van der Waals surface area contributed by atoms with E-state index in [2.05, 4.69) is 54.3 Å². The number of halogens is 2. The van der Waals surface area contributed by atoms with E-state index < -0.39 is 0 Å². The van der Waals surface area contributed by atoms with Gasteiger partial charge in [0.2, 0.25) is 11.8 Å². The molecule has 1 heterocycles. The largest absolute Gasteiger partial charge is 0.421 e. The molecular formula is C13H15Br2N3O. The minimum Gasteiger partial charge on any atom is -0.421 e. The maximum Gasteiger partial charge on any atom is 0.247 e. The van der Waals surface area contributed by atoms with Crippen LogP contribution in [-0.2, 0) is 6.42 Å². The lowest BCUT2D eigenvalue weighted by Gasteiger charge is -1.99. The summed E-state index contributed by atoms with van der Waals surface area (Å²) in [6.45, 7) is 4.05. The van der Waals surface area contributed by atoms with Gasteiger partial charge in [0.1, 0.15) is 0 Å². The minimum atomic E-state index is 0.556. The lowest BCUT2D eigenvalue weighted by molar-refractivity contribution is 0.492. The molecule has 19 heavy (non-hydrogen) atoms. The Morgan fingerprint density at radius 1 is 1.16 bits per heavy atom. The van der Waals surface area contributed by atoms with E-state index in [-0.39, 0.29) is 0 Å². The van der Waals surface area contributed by atoms with Crippen molar-refractivity contribution in [3.8, 4) is 11.5 Å². The second-order valence-electron chi connectivity index (χ2n) is 4.12. The number of nitrogens with one attached hydrogen (secondary N) is 1. The average molecular weight is 389 g/mol. The van der Waals surface area contributed by atoms with Crippen molar-refractivity contribution >= 4 is 31.9 Å². The highest BCUT2D eigenvalue weighted by atomic mass is 79.9. The first-order valence-corrected chi connectivity index (χ1v) is 7.77. The molecule has 0 aliphatic rings. The van der Waals surface area contributed by atoms with Gasteiger partial charge in [-0.1, -0.05) is 38.8 Å². The van der Waals surface area contributed by atoms with Crippen molar-refractivity contribution in [2.24, 2.45) is 0 Å². The van der Waals surface area contributed by atoms with Crippen LogP contribution < -0.4 is 5.32 Å². The summed E-state index contributed by atoms with van der Waals surface area (Å²) >= 11 is 6.90. The zero-order chi connectivity index (χ0) is 13.7. The predicted octanol–water partition coefficient (Wildman–Crippen LogP) is 3.80. The highest BCUT2D eigenvalue weighted by molar-refractivity contribution is 9.11. The molecule has 0 bridgehead atoms. The van der Waals surface area contributed by atoms with Crippen LogP contribution in [0.2, 0.25) is 0 Å². The average Bonchev–Trinajstić information content (AvgIpc) is 2.82. The number of hydrogen-bond donors (Lipinski definition) is 1. The normalized spacial score (nSPS) is 10.9. The summed E-state index contributed by atoms with van der Waals surface area (Å²) in [5.74, 6) is 1.24. The number of hydrogen-bond acceptors (Lipinski definition) is 4. The van der Waals surface area contributed by atoms with Crippen LogP contribution in [0.1, 0.15) is 19.2 Å². The molecule has 2 aromatic rings. The molecule has 4 nitrogen and oxygen atoms in total. The van der Waals surface area contributed by atoms with Gasteiger partial charge in [-0.05, 0) is 37.7 Å². The molecule has 2 rings (SSSR count). The molecule has 0 radical (unpaired) electrons. The maximum absolute atomic E-state index is 5.67. The van der Waals surface area contributed by atoms with Crippen molar-refractivity contribution in [3.63, 3.8) is 0 Å². The van der Waals surface area contributed by atoms with Gasteiger partial charge >= 0.3 is 0 Å². The molecule has 1 aromatic carbocycles. The molecule has 102 valence electrons. The van der Waals surface area contributed by atoms with E-state index in [4.69, 9.17) is 4.42 Å². The Morgan fingerprint density at radius 3 is 2.58 bits per heavy atom. The number of rotatable bonds is 6. The monoisotopic (exact) mass is 387 g/mol. The van der Waals surface area contributed by atoms with Gasteiger partial charge in [-0.15, -0.1) is 10.2 Å². The van der Waals surface area contributed by atoms with E-state index in [0.29, 0.717) is 11.8 Å². The lowest BCUT2D eigenvalue weighted by Crippen LogP contribution is -2.14. The Morgan fingerprint density at radius 2 is 1.89 bits per heavy atom. The Balaban J connectivity index is 2.03. The van der Waals surface area contributed by atoms with E-state index in [1.807, 2.05) is 18.2 Å². The Bertz CT molecular complexity index is 522. The van der Waals surface area contributed by atoms with Crippen LogP contribution in [0.4, 0.5) is 0 Å². The first-order chi connectivity index (χ1) is 9.19. The SMILES string of the molecule is CCNCCCc1nnc(-c2cc(Br)cc(Br)c2)o1. The van der Waals surface area contributed by atoms with Crippen molar-refractivity contribution < 1.29 is 4.42 Å². The van der Waals surface area contributed by atoms with Crippen LogP contribution in [0.15, 0.2) is 31.6 Å². The molecule has 1 N–H and O–H groups in total. The van der Waals surface area contributed by atoms with Crippen molar-refractivity contribution in [3.05, 3.63) is 33.0 Å². The highest BCUT2D eigenvalue weighted by Crippen LogP contribution is 2.26. The number of benzene rings is 1. The third kappa shape index (κ3) is 4.40. The topological polar surface area (TPSA) is 51.0 Å². The van der Waals surface area contributed by atoms with Gasteiger partial charge < -0.3 is 9.73 Å². The summed E-state index contributed by atoms with van der Waals surface area (Å²) in [7, 11) is 0. The van der Waals surface area contributed by atoms with Crippen LogP contribution in [0.5, 0.6) is 0 Å². The standard InChI is InChI=1S/C13H15Br2N3O/c1-2-16-5-3-4-12-17-18-13(19-12)9-6-10(14)8-11(15)7-9/h6-8,16H,2-5H2,1H3. The van der Waals surface area contributed by atoms with Crippen LogP contribution in [0.25, 0.3) is 11.5 Å². The molecule has 1 aromatic heterocycles. The fraction of sp³-hybridized carbons (Fsp3) is 0.385. The van der Waals surface area contributed by atoms with E-state index in [1.165, 1.54) is 0 Å². The molecule has 0 amide bonds.